The van der Waals surface area contributed by atoms with Crippen LogP contribution in [0.25, 0.3) is 0 Å². The summed E-state index contributed by atoms with van der Waals surface area (Å²) >= 11 is 0. The largest absolute Gasteiger partial charge is 0.493 e. The molecule has 19 heavy (non-hydrogen) atoms. The third-order valence-electron chi connectivity index (χ3n) is 3.44. The summed E-state index contributed by atoms with van der Waals surface area (Å²) < 4.78 is 5.67. The van der Waals surface area contributed by atoms with Gasteiger partial charge in [-0.1, -0.05) is 18.2 Å². The van der Waals surface area contributed by atoms with Gasteiger partial charge in [0.05, 0.1) is 12.3 Å². The molecule has 0 spiro atoms. The van der Waals surface area contributed by atoms with Crippen LogP contribution in [-0.2, 0) is 0 Å². The molecule has 2 aromatic rings. The van der Waals surface area contributed by atoms with Gasteiger partial charge in [0.1, 0.15) is 5.75 Å². The van der Waals surface area contributed by atoms with E-state index in [1.54, 1.807) is 12.4 Å². The summed E-state index contributed by atoms with van der Waals surface area (Å²) in [5.74, 6) is 0.984. The van der Waals surface area contributed by atoms with Gasteiger partial charge in [0.25, 0.3) is 0 Å². The highest BCUT2D eigenvalue weighted by molar-refractivity contribution is 5.37. The van der Waals surface area contributed by atoms with Crippen LogP contribution in [0.5, 0.6) is 5.75 Å². The Morgan fingerprint density at radius 1 is 1.32 bits per heavy atom. The van der Waals surface area contributed by atoms with E-state index in [1.165, 1.54) is 5.56 Å². The predicted molar refractivity (Wildman–Crippen MR) is 72.9 cm³/mol. The van der Waals surface area contributed by atoms with Crippen molar-refractivity contribution in [3.63, 3.8) is 0 Å². The summed E-state index contributed by atoms with van der Waals surface area (Å²) in [5.41, 5.74) is 2.19. The molecule has 1 aromatic heterocycles. The number of fused-ring (bicyclic) bond motifs is 1. The third kappa shape index (κ3) is 2.58. The first kappa shape index (κ1) is 12.1. The van der Waals surface area contributed by atoms with Crippen molar-refractivity contribution in [1.82, 2.24) is 15.3 Å². The predicted octanol–water partition coefficient (Wildman–Crippen LogP) is 2.65. The van der Waals surface area contributed by atoms with Crippen LogP contribution < -0.4 is 10.1 Å². The second-order valence-electron chi connectivity index (χ2n) is 4.75. The number of nitrogens with one attached hydrogen (secondary N) is 1. The van der Waals surface area contributed by atoms with Crippen molar-refractivity contribution in [1.29, 1.82) is 0 Å². The molecule has 1 N–H and O–H groups in total. The second-order valence-corrected chi connectivity index (χ2v) is 4.75. The number of para-hydroxylation sites is 1. The molecule has 0 saturated carbocycles. The average Bonchev–Trinajstić information content (AvgIpc) is 2.48. The van der Waals surface area contributed by atoms with Crippen LogP contribution in [0.2, 0.25) is 0 Å². The van der Waals surface area contributed by atoms with Gasteiger partial charge in [0.15, 0.2) is 0 Å². The molecule has 4 heteroatoms. The Bertz CT molecular complexity index is 544. The molecule has 0 amide bonds. The zero-order valence-corrected chi connectivity index (χ0v) is 10.9. The Morgan fingerprint density at radius 3 is 3.05 bits per heavy atom. The quantitative estimate of drug-likeness (QED) is 0.916. The highest BCUT2D eigenvalue weighted by Crippen LogP contribution is 2.32. The lowest BCUT2D eigenvalue weighted by Crippen LogP contribution is -2.29. The first-order chi connectivity index (χ1) is 9.34. The van der Waals surface area contributed by atoms with E-state index in [1.807, 2.05) is 18.3 Å². The molecule has 0 saturated heterocycles. The SMILES string of the molecule is CC(NC1CCOc2ccccc21)c1cnccn1. The van der Waals surface area contributed by atoms with E-state index in [9.17, 15) is 0 Å². The van der Waals surface area contributed by atoms with Crippen molar-refractivity contribution >= 4 is 0 Å². The summed E-state index contributed by atoms with van der Waals surface area (Å²) in [6.07, 6.45) is 6.20. The first-order valence-electron chi connectivity index (χ1n) is 6.58. The number of aromatic nitrogens is 2. The molecule has 1 aliphatic heterocycles. The number of nitrogens with zero attached hydrogens (tertiary/aromatic N) is 2. The molecular weight excluding hydrogens is 238 g/mol. The monoisotopic (exact) mass is 255 g/mol. The molecule has 0 fully saturated rings. The van der Waals surface area contributed by atoms with Crippen LogP contribution in [0.3, 0.4) is 0 Å². The van der Waals surface area contributed by atoms with E-state index in [-0.39, 0.29) is 6.04 Å². The minimum Gasteiger partial charge on any atom is -0.493 e. The molecule has 0 bridgehead atoms. The van der Waals surface area contributed by atoms with E-state index in [4.69, 9.17) is 4.74 Å². The topological polar surface area (TPSA) is 47.0 Å². The van der Waals surface area contributed by atoms with Gasteiger partial charge in [-0.15, -0.1) is 0 Å². The molecule has 0 aliphatic carbocycles. The van der Waals surface area contributed by atoms with Gasteiger partial charge in [0, 0.05) is 42.7 Å². The van der Waals surface area contributed by atoms with Crippen LogP contribution in [-0.4, -0.2) is 16.6 Å². The van der Waals surface area contributed by atoms with Gasteiger partial charge >= 0.3 is 0 Å². The van der Waals surface area contributed by atoms with E-state index < -0.39 is 0 Å². The van der Waals surface area contributed by atoms with Gasteiger partial charge in [0.2, 0.25) is 0 Å². The van der Waals surface area contributed by atoms with Crippen LogP contribution >= 0.6 is 0 Å². The summed E-state index contributed by atoms with van der Waals surface area (Å²) in [5, 5.41) is 3.61. The fraction of sp³-hybridized carbons (Fsp3) is 0.333. The van der Waals surface area contributed by atoms with Crippen LogP contribution in [0.15, 0.2) is 42.9 Å². The van der Waals surface area contributed by atoms with Crippen molar-refractivity contribution in [2.45, 2.75) is 25.4 Å². The van der Waals surface area contributed by atoms with Crippen molar-refractivity contribution in [2.24, 2.45) is 0 Å². The molecule has 2 atom stereocenters. The highest BCUT2D eigenvalue weighted by atomic mass is 16.5. The number of hydrogen-bond acceptors (Lipinski definition) is 4. The molecule has 4 nitrogen and oxygen atoms in total. The van der Waals surface area contributed by atoms with E-state index >= 15 is 0 Å². The molecule has 2 unspecified atom stereocenters. The van der Waals surface area contributed by atoms with Crippen molar-refractivity contribution in [3.8, 4) is 5.75 Å². The normalized spacial score (nSPS) is 19.3. The fourth-order valence-corrected chi connectivity index (χ4v) is 2.44. The number of benzene rings is 1. The maximum Gasteiger partial charge on any atom is 0.124 e. The van der Waals surface area contributed by atoms with Gasteiger partial charge < -0.3 is 10.1 Å². The Kier molecular flexibility index (Phi) is 3.42. The molecule has 0 radical (unpaired) electrons. The minimum absolute atomic E-state index is 0.171. The smallest absolute Gasteiger partial charge is 0.124 e. The van der Waals surface area contributed by atoms with E-state index in [2.05, 4.69) is 34.3 Å². The van der Waals surface area contributed by atoms with Gasteiger partial charge in [-0.25, -0.2) is 0 Å². The van der Waals surface area contributed by atoms with Crippen LogP contribution in [0.4, 0.5) is 0 Å². The van der Waals surface area contributed by atoms with Gasteiger partial charge in [-0.05, 0) is 13.0 Å². The fourth-order valence-electron chi connectivity index (χ4n) is 2.44. The van der Waals surface area contributed by atoms with Gasteiger partial charge in [-0.3, -0.25) is 9.97 Å². The standard InChI is InChI=1S/C15H17N3O/c1-11(14-10-16-7-8-17-14)18-13-6-9-19-15-5-3-2-4-12(13)15/h2-5,7-8,10-11,13,18H,6,9H2,1H3. The Hall–Kier alpha value is -1.94. The lowest BCUT2D eigenvalue weighted by molar-refractivity contribution is 0.245. The molecule has 1 aromatic carbocycles. The summed E-state index contributed by atoms with van der Waals surface area (Å²) in [7, 11) is 0. The maximum atomic E-state index is 5.67. The Labute approximate surface area is 112 Å². The molecule has 1 aliphatic rings. The van der Waals surface area contributed by atoms with Crippen LogP contribution in [0.1, 0.15) is 36.7 Å². The van der Waals surface area contributed by atoms with Crippen molar-refractivity contribution in [2.75, 3.05) is 6.61 Å². The summed E-state index contributed by atoms with van der Waals surface area (Å²) in [6, 6.07) is 8.68. The summed E-state index contributed by atoms with van der Waals surface area (Å²) in [6.45, 7) is 2.87. The third-order valence-corrected chi connectivity index (χ3v) is 3.44. The molecule has 2 heterocycles. The minimum atomic E-state index is 0.171. The van der Waals surface area contributed by atoms with E-state index in [0.717, 1.165) is 24.5 Å². The number of hydrogen-bond donors (Lipinski definition) is 1. The van der Waals surface area contributed by atoms with Crippen molar-refractivity contribution in [3.05, 3.63) is 54.1 Å². The Balaban J connectivity index is 1.78. The summed E-state index contributed by atoms with van der Waals surface area (Å²) in [4.78, 5) is 8.46. The highest BCUT2D eigenvalue weighted by Gasteiger charge is 2.22. The number of ether oxygens (including phenoxy) is 1. The lowest BCUT2D eigenvalue weighted by atomic mass is 9.99. The maximum absolute atomic E-state index is 5.67. The van der Waals surface area contributed by atoms with Crippen molar-refractivity contribution < 1.29 is 4.74 Å². The Morgan fingerprint density at radius 2 is 2.21 bits per heavy atom. The zero-order valence-electron chi connectivity index (χ0n) is 10.9. The van der Waals surface area contributed by atoms with E-state index in [0.29, 0.717) is 6.04 Å². The molecular formula is C15H17N3O. The first-order valence-corrected chi connectivity index (χ1v) is 6.58. The van der Waals surface area contributed by atoms with Crippen LogP contribution in [0, 0.1) is 0 Å². The zero-order chi connectivity index (χ0) is 13.1. The second kappa shape index (κ2) is 5.36. The number of rotatable bonds is 3. The van der Waals surface area contributed by atoms with Gasteiger partial charge in [-0.2, -0.15) is 0 Å². The molecule has 3 rings (SSSR count). The molecule has 98 valence electrons. The average molecular weight is 255 g/mol. The lowest BCUT2D eigenvalue weighted by Gasteiger charge is -2.29.